The van der Waals surface area contributed by atoms with Crippen LogP contribution >= 0.6 is 0 Å². The summed E-state index contributed by atoms with van der Waals surface area (Å²) in [6.07, 6.45) is 0. The zero-order valence-corrected chi connectivity index (χ0v) is 17.5. The smallest absolute Gasteiger partial charge is 0.310 e. The van der Waals surface area contributed by atoms with Crippen LogP contribution in [-0.2, 0) is 14.4 Å². The second kappa shape index (κ2) is 7.90. The Bertz CT molecular complexity index is 1040. The number of methoxy groups -OCH3 is 4. The standard InChI is InChI=1S/C22H23NO8/c1-27-16-5-10(6-17(28-2)21(16)29-3)18-11-7-14(24)15(25)8-12(11)20-13(9-31-23-20)19(18)22(26)30-4/h5-8,13,18-19,24-25H,9H2,1-4H3/t13-,18+,19-/m0/s1. The third-order valence-corrected chi connectivity index (χ3v) is 5.84. The Balaban J connectivity index is 2.01. The third-order valence-electron chi connectivity index (χ3n) is 5.84. The van der Waals surface area contributed by atoms with Gasteiger partial charge in [0.2, 0.25) is 5.75 Å². The van der Waals surface area contributed by atoms with Crippen molar-refractivity contribution in [1.29, 1.82) is 0 Å². The molecule has 0 unspecified atom stereocenters. The van der Waals surface area contributed by atoms with Gasteiger partial charge in [0, 0.05) is 11.5 Å². The molecule has 9 nitrogen and oxygen atoms in total. The van der Waals surface area contributed by atoms with Crippen molar-refractivity contribution in [1.82, 2.24) is 0 Å². The van der Waals surface area contributed by atoms with Gasteiger partial charge in [0.1, 0.15) is 6.61 Å². The van der Waals surface area contributed by atoms with E-state index in [1.165, 1.54) is 40.6 Å². The predicted octanol–water partition coefficient (Wildman–Crippen LogP) is 2.41. The molecule has 4 rings (SSSR count). The zero-order valence-electron chi connectivity index (χ0n) is 17.5. The van der Waals surface area contributed by atoms with E-state index in [1.54, 1.807) is 12.1 Å². The second-order valence-corrected chi connectivity index (χ2v) is 7.29. The van der Waals surface area contributed by atoms with E-state index in [4.69, 9.17) is 23.8 Å². The van der Waals surface area contributed by atoms with Crippen LogP contribution in [-0.4, -0.2) is 56.9 Å². The van der Waals surface area contributed by atoms with E-state index in [-0.39, 0.29) is 18.1 Å². The minimum atomic E-state index is -0.689. The van der Waals surface area contributed by atoms with E-state index in [0.29, 0.717) is 39.7 Å². The molecule has 0 bridgehead atoms. The maximum Gasteiger partial charge on any atom is 0.310 e. The summed E-state index contributed by atoms with van der Waals surface area (Å²) < 4.78 is 21.5. The largest absolute Gasteiger partial charge is 0.504 e. The minimum absolute atomic E-state index is 0.192. The first kappa shape index (κ1) is 20.6. The van der Waals surface area contributed by atoms with Gasteiger partial charge in [-0.3, -0.25) is 4.79 Å². The molecule has 9 heteroatoms. The third kappa shape index (κ3) is 3.17. The van der Waals surface area contributed by atoms with Gasteiger partial charge in [-0.2, -0.15) is 0 Å². The fraction of sp³-hybridized carbons (Fsp3) is 0.364. The van der Waals surface area contributed by atoms with E-state index < -0.39 is 23.7 Å². The number of hydrogen-bond donors (Lipinski definition) is 2. The molecule has 3 atom stereocenters. The quantitative estimate of drug-likeness (QED) is 0.550. The Kier molecular flexibility index (Phi) is 5.26. The molecule has 1 aliphatic carbocycles. The first-order valence-corrected chi connectivity index (χ1v) is 9.58. The average Bonchev–Trinajstić information content (AvgIpc) is 3.27. The van der Waals surface area contributed by atoms with Crippen LogP contribution in [0.2, 0.25) is 0 Å². The van der Waals surface area contributed by atoms with Crippen LogP contribution in [0.5, 0.6) is 28.7 Å². The van der Waals surface area contributed by atoms with Crippen LogP contribution in [0.15, 0.2) is 29.4 Å². The first-order valence-electron chi connectivity index (χ1n) is 9.58. The van der Waals surface area contributed by atoms with Crippen molar-refractivity contribution in [2.45, 2.75) is 5.92 Å². The normalized spacial score (nSPS) is 21.3. The van der Waals surface area contributed by atoms with Crippen LogP contribution < -0.4 is 14.2 Å². The highest BCUT2D eigenvalue weighted by atomic mass is 16.6. The summed E-state index contributed by atoms with van der Waals surface area (Å²) in [5.74, 6) is -1.42. The first-order chi connectivity index (χ1) is 14.9. The molecule has 1 heterocycles. The lowest BCUT2D eigenvalue weighted by Crippen LogP contribution is -2.40. The topological polar surface area (TPSA) is 116 Å². The Morgan fingerprint density at radius 3 is 2.23 bits per heavy atom. The van der Waals surface area contributed by atoms with Crippen molar-refractivity contribution in [3.8, 4) is 28.7 Å². The summed E-state index contributed by atoms with van der Waals surface area (Å²) in [6, 6.07) is 6.39. The number of aromatic hydroxyl groups is 2. The average molecular weight is 429 g/mol. The van der Waals surface area contributed by atoms with Gasteiger partial charge in [0.15, 0.2) is 23.0 Å². The molecule has 2 aliphatic rings. The number of fused-ring (bicyclic) bond motifs is 3. The van der Waals surface area contributed by atoms with Crippen molar-refractivity contribution in [2.75, 3.05) is 35.0 Å². The van der Waals surface area contributed by atoms with Crippen molar-refractivity contribution < 1.29 is 38.8 Å². The maximum atomic E-state index is 13.0. The fourth-order valence-electron chi connectivity index (χ4n) is 4.46. The summed E-state index contributed by atoms with van der Waals surface area (Å²) in [5.41, 5.74) is 2.41. The highest BCUT2D eigenvalue weighted by Crippen LogP contribution is 2.51. The number of phenolic OH excluding ortho intramolecular Hbond substituents is 2. The number of carbonyl (C=O) groups is 1. The Hall–Kier alpha value is -3.62. The number of carbonyl (C=O) groups excluding carboxylic acids is 1. The summed E-state index contributed by atoms with van der Waals surface area (Å²) in [5, 5.41) is 24.5. The molecule has 1 aliphatic heterocycles. The number of nitrogens with zero attached hydrogens (tertiary/aromatic N) is 1. The number of esters is 1. The summed E-state index contributed by atoms with van der Waals surface area (Å²) >= 11 is 0. The van der Waals surface area contributed by atoms with E-state index in [2.05, 4.69) is 5.16 Å². The van der Waals surface area contributed by atoms with E-state index in [0.717, 1.165) is 0 Å². The molecule has 0 saturated carbocycles. The number of ether oxygens (including phenoxy) is 4. The lowest BCUT2D eigenvalue weighted by atomic mass is 9.65. The molecule has 0 spiro atoms. The van der Waals surface area contributed by atoms with Crippen LogP contribution in [0.25, 0.3) is 0 Å². The molecule has 164 valence electrons. The summed E-state index contributed by atoms with van der Waals surface area (Å²) in [7, 11) is 5.85. The van der Waals surface area contributed by atoms with Crippen molar-refractivity contribution in [2.24, 2.45) is 17.0 Å². The van der Waals surface area contributed by atoms with Crippen LogP contribution in [0.1, 0.15) is 22.6 Å². The molecule has 0 saturated heterocycles. The molecule has 2 aromatic rings. The van der Waals surface area contributed by atoms with Crippen LogP contribution in [0.4, 0.5) is 0 Å². The SMILES string of the molecule is COC(=O)[C@@H]1[C@H](c2cc(OC)c(OC)c(OC)c2)c2cc(O)c(O)cc2C2=NOC[C@H]21. The van der Waals surface area contributed by atoms with Gasteiger partial charge in [0.25, 0.3) is 0 Å². The van der Waals surface area contributed by atoms with E-state index in [9.17, 15) is 15.0 Å². The Labute approximate surface area is 178 Å². The second-order valence-electron chi connectivity index (χ2n) is 7.29. The monoisotopic (exact) mass is 429 g/mol. The van der Waals surface area contributed by atoms with Crippen molar-refractivity contribution in [3.63, 3.8) is 0 Å². The van der Waals surface area contributed by atoms with Crippen LogP contribution in [0.3, 0.4) is 0 Å². The fourth-order valence-corrected chi connectivity index (χ4v) is 4.46. The van der Waals surface area contributed by atoms with Gasteiger partial charge in [-0.05, 0) is 35.4 Å². The molecular weight excluding hydrogens is 406 g/mol. The van der Waals surface area contributed by atoms with Gasteiger partial charge in [-0.25, -0.2) is 0 Å². The number of hydrogen-bond acceptors (Lipinski definition) is 9. The Morgan fingerprint density at radius 2 is 1.65 bits per heavy atom. The molecular formula is C22H23NO8. The van der Waals surface area contributed by atoms with Crippen molar-refractivity contribution in [3.05, 3.63) is 41.0 Å². The Morgan fingerprint density at radius 1 is 1.00 bits per heavy atom. The number of phenols is 2. The summed E-state index contributed by atoms with van der Waals surface area (Å²) in [6.45, 7) is 0.192. The molecule has 2 N–H and O–H groups in total. The van der Waals surface area contributed by atoms with E-state index >= 15 is 0 Å². The lowest BCUT2D eigenvalue weighted by Gasteiger charge is -2.36. The number of oxime groups is 1. The maximum absolute atomic E-state index is 13.0. The lowest BCUT2D eigenvalue weighted by molar-refractivity contribution is -0.147. The number of rotatable bonds is 5. The van der Waals surface area contributed by atoms with Gasteiger partial charge < -0.3 is 34.0 Å². The molecule has 0 amide bonds. The molecule has 0 fully saturated rings. The number of benzene rings is 2. The minimum Gasteiger partial charge on any atom is -0.504 e. The molecule has 31 heavy (non-hydrogen) atoms. The van der Waals surface area contributed by atoms with Gasteiger partial charge in [0.05, 0.1) is 46.0 Å². The predicted molar refractivity (Wildman–Crippen MR) is 109 cm³/mol. The van der Waals surface area contributed by atoms with E-state index in [1.807, 2.05) is 0 Å². The molecule has 0 aromatic heterocycles. The van der Waals surface area contributed by atoms with Gasteiger partial charge in [-0.15, -0.1) is 0 Å². The highest BCUT2D eigenvalue weighted by molar-refractivity contribution is 6.08. The van der Waals surface area contributed by atoms with Crippen LogP contribution in [0, 0.1) is 11.8 Å². The summed E-state index contributed by atoms with van der Waals surface area (Å²) in [4.78, 5) is 18.3. The zero-order chi connectivity index (χ0) is 22.3. The highest BCUT2D eigenvalue weighted by Gasteiger charge is 2.49. The van der Waals surface area contributed by atoms with Gasteiger partial charge in [-0.1, -0.05) is 5.16 Å². The molecule has 0 radical (unpaired) electrons. The van der Waals surface area contributed by atoms with Crippen molar-refractivity contribution >= 4 is 11.7 Å². The molecule has 2 aromatic carbocycles. The van der Waals surface area contributed by atoms with Gasteiger partial charge >= 0.3 is 5.97 Å².